The first-order valence-corrected chi connectivity index (χ1v) is 20.7. The molecule has 1 amide bonds. The monoisotopic (exact) mass is 687 g/mol. The van der Waals surface area contributed by atoms with Crippen LogP contribution in [0.4, 0.5) is 0 Å². The molecule has 0 aliphatic rings. The van der Waals surface area contributed by atoms with Crippen LogP contribution in [0.15, 0.2) is 24.3 Å². The molecule has 9 heteroatoms. The minimum atomic E-state index is -4.58. The number of rotatable bonds is 34. The van der Waals surface area contributed by atoms with Crippen LogP contribution in [-0.4, -0.2) is 68.5 Å². The smallest absolute Gasteiger partial charge is 0.268 e. The van der Waals surface area contributed by atoms with Crippen LogP contribution in [-0.2, 0) is 18.4 Å². The van der Waals surface area contributed by atoms with Gasteiger partial charge >= 0.3 is 0 Å². The second-order valence-electron chi connectivity index (χ2n) is 14.3. The van der Waals surface area contributed by atoms with Gasteiger partial charge in [0, 0.05) is 6.42 Å². The Labute approximate surface area is 290 Å². The highest BCUT2D eigenvalue weighted by Crippen LogP contribution is 2.38. The highest BCUT2D eigenvalue weighted by molar-refractivity contribution is 7.45. The number of hydrogen-bond acceptors (Lipinski definition) is 6. The fourth-order valence-electron chi connectivity index (χ4n) is 5.28. The molecular formula is C38H75N2O6P. The molecular weight excluding hydrogens is 611 g/mol. The number of aliphatic hydroxyl groups excluding tert-OH is 1. The van der Waals surface area contributed by atoms with E-state index in [9.17, 15) is 19.4 Å². The number of phosphoric acid groups is 1. The summed E-state index contributed by atoms with van der Waals surface area (Å²) in [4.78, 5) is 25.0. The number of nitrogens with one attached hydrogen (secondary N) is 1. The minimum Gasteiger partial charge on any atom is -0.756 e. The summed E-state index contributed by atoms with van der Waals surface area (Å²) >= 11 is 0. The van der Waals surface area contributed by atoms with Gasteiger partial charge < -0.3 is 28.8 Å². The lowest BCUT2D eigenvalue weighted by atomic mass is 10.0. The van der Waals surface area contributed by atoms with E-state index in [-0.39, 0.29) is 12.5 Å². The molecule has 0 fully saturated rings. The van der Waals surface area contributed by atoms with Crippen LogP contribution < -0.4 is 10.2 Å². The van der Waals surface area contributed by atoms with Gasteiger partial charge in [0.15, 0.2) is 0 Å². The Balaban J connectivity index is 4.47. The van der Waals surface area contributed by atoms with Crippen molar-refractivity contribution >= 4 is 13.7 Å². The third-order valence-corrected chi connectivity index (χ3v) is 9.38. The number of quaternary nitrogens is 1. The maximum absolute atomic E-state index is 12.7. The summed E-state index contributed by atoms with van der Waals surface area (Å²) < 4.78 is 23.0. The maximum atomic E-state index is 12.7. The highest BCUT2D eigenvalue weighted by Gasteiger charge is 2.23. The van der Waals surface area contributed by atoms with Crippen LogP contribution in [0.5, 0.6) is 0 Å². The molecule has 0 spiro atoms. The number of allylic oxidation sites excluding steroid dienone is 3. The maximum Gasteiger partial charge on any atom is 0.268 e. The number of phosphoric ester groups is 1. The zero-order chi connectivity index (χ0) is 35.1. The average molecular weight is 687 g/mol. The Morgan fingerprint density at radius 3 is 1.72 bits per heavy atom. The molecule has 0 aromatic carbocycles. The van der Waals surface area contributed by atoms with E-state index in [1.165, 1.54) is 103 Å². The van der Waals surface area contributed by atoms with Crippen LogP contribution in [0.2, 0.25) is 0 Å². The molecule has 0 rings (SSSR count). The third kappa shape index (κ3) is 33.3. The van der Waals surface area contributed by atoms with Crippen molar-refractivity contribution in [3.63, 3.8) is 0 Å². The number of nitrogens with zero attached hydrogens (tertiary/aromatic N) is 1. The zero-order valence-corrected chi connectivity index (χ0v) is 32.1. The molecule has 2 N–H and O–H groups in total. The number of aliphatic hydroxyl groups is 1. The predicted octanol–water partition coefficient (Wildman–Crippen LogP) is 9.16. The van der Waals surface area contributed by atoms with Crippen molar-refractivity contribution in [3.05, 3.63) is 24.3 Å². The van der Waals surface area contributed by atoms with E-state index in [2.05, 4.69) is 31.3 Å². The Bertz CT molecular complexity index is 829. The quantitative estimate of drug-likeness (QED) is 0.0303. The minimum absolute atomic E-state index is 0.00512. The van der Waals surface area contributed by atoms with Crippen LogP contribution in [0.1, 0.15) is 162 Å². The number of hydrogen-bond donors (Lipinski definition) is 2. The molecule has 0 bridgehead atoms. The van der Waals surface area contributed by atoms with Crippen molar-refractivity contribution in [1.29, 1.82) is 0 Å². The van der Waals surface area contributed by atoms with Gasteiger partial charge in [-0.1, -0.05) is 147 Å². The molecule has 0 saturated heterocycles. The van der Waals surface area contributed by atoms with Gasteiger partial charge in [0.2, 0.25) is 5.91 Å². The first-order valence-electron chi connectivity index (χ1n) is 19.2. The molecule has 3 unspecified atom stereocenters. The zero-order valence-electron chi connectivity index (χ0n) is 31.2. The molecule has 0 aliphatic heterocycles. The van der Waals surface area contributed by atoms with Gasteiger partial charge in [-0.15, -0.1) is 0 Å². The summed E-state index contributed by atoms with van der Waals surface area (Å²) in [6.07, 6.45) is 33.8. The van der Waals surface area contributed by atoms with E-state index in [1.54, 1.807) is 6.08 Å². The van der Waals surface area contributed by atoms with Crippen LogP contribution in [0.25, 0.3) is 0 Å². The van der Waals surface area contributed by atoms with E-state index in [0.717, 1.165) is 38.5 Å². The number of unbranched alkanes of at least 4 members (excludes halogenated alkanes) is 19. The second-order valence-corrected chi connectivity index (χ2v) is 15.7. The number of carbonyl (C=O) groups is 1. The topological polar surface area (TPSA) is 108 Å². The third-order valence-electron chi connectivity index (χ3n) is 8.41. The fraction of sp³-hybridized carbons (Fsp3) is 0.868. The summed E-state index contributed by atoms with van der Waals surface area (Å²) in [7, 11) is 1.24. The summed E-state index contributed by atoms with van der Waals surface area (Å²) in [5.74, 6) is -0.216. The molecule has 278 valence electrons. The summed E-state index contributed by atoms with van der Waals surface area (Å²) in [5.41, 5.74) is 0. The Morgan fingerprint density at radius 2 is 1.19 bits per heavy atom. The van der Waals surface area contributed by atoms with Gasteiger partial charge in [0.05, 0.1) is 39.9 Å². The number of amides is 1. The normalized spacial score (nSPS) is 15.0. The van der Waals surface area contributed by atoms with Crippen LogP contribution >= 0.6 is 7.82 Å². The van der Waals surface area contributed by atoms with Crippen molar-refractivity contribution < 1.29 is 32.9 Å². The molecule has 0 heterocycles. The molecule has 0 aliphatic carbocycles. The molecule has 0 aromatic heterocycles. The van der Waals surface area contributed by atoms with E-state index < -0.39 is 26.6 Å². The van der Waals surface area contributed by atoms with Gasteiger partial charge in [0.25, 0.3) is 7.82 Å². The van der Waals surface area contributed by atoms with Crippen LogP contribution in [0, 0.1) is 0 Å². The Kier molecular flexibility index (Phi) is 30.3. The largest absolute Gasteiger partial charge is 0.756 e. The van der Waals surface area contributed by atoms with E-state index in [0.29, 0.717) is 17.4 Å². The summed E-state index contributed by atoms with van der Waals surface area (Å²) in [5, 5.41) is 13.6. The van der Waals surface area contributed by atoms with Crippen molar-refractivity contribution in [2.45, 2.75) is 174 Å². The summed E-state index contributed by atoms with van der Waals surface area (Å²) in [6, 6.07) is -0.895. The molecule has 0 saturated carbocycles. The second kappa shape index (κ2) is 31.0. The SMILES string of the molecule is CCCCCCCCCCCCCC/C=C/CC/C=C/C(O)C(COP(=O)([O-])OCC[N+](C)(C)C)NC(=O)CCCCCCCCC. The van der Waals surface area contributed by atoms with Crippen molar-refractivity contribution in [2.24, 2.45) is 0 Å². The van der Waals surface area contributed by atoms with E-state index in [1.807, 2.05) is 27.2 Å². The standard InChI is InChI=1S/C38H75N2O6P/c1-6-8-10-12-14-15-16-17-18-19-20-21-22-23-24-26-27-29-31-37(41)36(35-46-47(43,44)45-34-33-40(3,4)5)39-38(42)32-30-28-25-13-11-9-7-2/h23-24,29,31,36-37,41H,6-22,25-28,30,32-35H2,1-5H3,(H-,39,42,43,44)/b24-23+,31-29+. The van der Waals surface area contributed by atoms with Gasteiger partial charge in [-0.2, -0.15) is 0 Å². The highest BCUT2D eigenvalue weighted by atomic mass is 31.2. The van der Waals surface area contributed by atoms with E-state index in [4.69, 9.17) is 9.05 Å². The van der Waals surface area contributed by atoms with Crippen molar-refractivity contribution in [1.82, 2.24) is 5.32 Å². The molecule has 3 atom stereocenters. The Hall–Kier alpha value is -1.02. The van der Waals surface area contributed by atoms with E-state index >= 15 is 0 Å². The lowest BCUT2D eigenvalue weighted by Gasteiger charge is -2.29. The first kappa shape index (κ1) is 46.0. The van der Waals surface area contributed by atoms with Gasteiger partial charge in [-0.3, -0.25) is 9.36 Å². The molecule has 0 radical (unpaired) electrons. The Morgan fingerprint density at radius 1 is 0.723 bits per heavy atom. The fourth-order valence-corrected chi connectivity index (χ4v) is 6.01. The van der Waals surface area contributed by atoms with Gasteiger partial charge in [0.1, 0.15) is 13.2 Å². The molecule has 8 nitrogen and oxygen atoms in total. The molecule has 47 heavy (non-hydrogen) atoms. The van der Waals surface area contributed by atoms with Gasteiger partial charge in [-0.25, -0.2) is 0 Å². The lowest BCUT2D eigenvalue weighted by Crippen LogP contribution is -2.45. The number of carbonyl (C=O) groups excluding carboxylic acids is 1. The number of likely N-dealkylation sites (N-methyl/N-ethyl adjacent to an activating group) is 1. The summed E-state index contributed by atoms with van der Waals surface area (Å²) in [6.45, 7) is 4.56. The lowest BCUT2D eigenvalue weighted by molar-refractivity contribution is -0.870. The van der Waals surface area contributed by atoms with Gasteiger partial charge in [-0.05, 0) is 32.1 Å². The van der Waals surface area contributed by atoms with Crippen molar-refractivity contribution in [2.75, 3.05) is 40.9 Å². The van der Waals surface area contributed by atoms with Crippen molar-refractivity contribution in [3.8, 4) is 0 Å². The average Bonchev–Trinajstić information content (AvgIpc) is 3.01. The molecule has 0 aromatic rings. The predicted molar refractivity (Wildman–Crippen MR) is 196 cm³/mol. The van der Waals surface area contributed by atoms with Crippen LogP contribution in [0.3, 0.4) is 0 Å². The first-order chi connectivity index (χ1) is 22.5.